The van der Waals surface area contributed by atoms with E-state index in [9.17, 15) is 13.6 Å². The topological polar surface area (TPSA) is 71.3 Å². The Hall–Kier alpha value is -4.33. The number of urea groups is 1. The molecule has 1 aliphatic heterocycles. The molecule has 4 aromatic rings. The van der Waals surface area contributed by atoms with E-state index >= 15 is 0 Å². The summed E-state index contributed by atoms with van der Waals surface area (Å²) in [5.41, 5.74) is 4.16. The Morgan fingerprint density at radius 2 is 1.71 bits per heavy atom. The second-order valence-corrected chi connectivity index (χ2v) is 8.45. The lowest BCUT2D eigenvalue weighted by molar-refractivity contribution is 0.203. The zero-order valence-corrected chi connectivity index (χ0v) is 19.1. The number of halogens is 2. The number of nitrogens with zero attached hydrogens (tertiary/aromatic N) is 3. The van der Waals surface area contributed by atoms with E-state index in [1.54, 1.807) is 36.1 Å². The van der Waals surface area contributed by atoms with Gasteiger partial charge in [-0.15, -0.1) is 0 Å². The van der Waals surface area contributed by atoms with Crippen molar-refractivity contribution in [3.8, 4) is 11.4 Å². The highest BCUT2D eigenvalue weighted by Crippen LogP contribution is 2.38. The molecule has 8 heteroatoms. The molecule has 1 atom stereocenters. The van der Waals surface area contributed by atoms with Crippen molar-refractivity contribution in [2.75, 3.05) is 0 Å². The van der Waals surface area contributed by atoms with Gasteiger partial charge in [-0.3, -0.25) is 4.90 Å². The van der Waals surface area contributed by atoms with Crippen LogP contribution in [-0.4, -0.2) is 21.1 Å². The highest BCUT2D eigenvalue weighted by atomic mass is 19.1. The molecule has 0 fully saturated rings. The first-order chi connectivity index (χ1) is 16.9. The third-order valence-electron chi connectivity index (χ3n) is 5.94. The fraction of sp³-hybridized carbons (Fsp3) is 0.148. The molecule has 0 saturated heterocycles. The summed E-state index contributed by atoms with van der Waals surface area (Å²) in [6, 6.07) is 18.7. The summed E-state index contributed by atoms with van der Waals surface area (Å²) < 4.78 is 33.4. The Bertz CT molecular complexity index is 1450. The molecule has 6 nitrogen and oxygen atoms in total. The molecule has 0 radical (unpaired) electrons. The van der Waals surface area contributed by atoms with Crippen LogP contribution in [0.2, 0.25) is 0 Å². The Balaban J connectivity index is 1.61. The van der Waals surface area contributed by atoms with Crippen LogP contribution < -0.4 is 5.32 Å². The first-order valence-corrected chi connectivity index (χ1v) is 11.1. The van der Waals surface area contributed by atoms with Crippen molar-refractivity contribution in [3.05, 3.63) is 113 Å². The summed E-state index contributed by atoms with van der Waals surface area (Å²) in [7, 11) is 0. The molecule has 35 heavy (non-hydrogen) atoms. The van der Waals surface area contributed by atoms with Crippen molar-refractivity contribution in [2.24, 2.45) is 0 Å². The van der Waals surface area contributed by atoms with Gasteiger partial charge in [0.1, 0.15) is 11.6 Å². The lowest BCUT2D eigenvalue weighted by Crippen LogP contribution is -2.45. The van der Waals surface area contributed by atoms with Gasteiger partial charge in [-0.25, -0.2) is 13.6 Å². The number of hydrogen-bond acceptors (Lipinski definition) is 4. The zero-order valence-electron chi connectivity index (χ0n) is 19.1. The molecule has 5 rings (SSSR count). The number of aromatic nitrogens is 2. The molecule has 1 N–H and O–H groups in total. The second kappa shape index (κ2) is 9.13. The van der Waals surface area contributed by atoms with Crippen molar-refractivity contribution in [1.29, 1.82) is 0 Å². The van der Waals surface area contributed by atoms with Crippen LogP contribution in [0.4, 0.5) is 13.6 Å². The van der Waals surface area contributed by atoms with Crippen molar-refractivity contribution in [3.63, 3.8) is 0 Å². The average Bonchev–Trinajstić information content (AvgIpc) is 3.31. The van der Waals surface area contributed by atoms with Crippen molar-refractivity contribution >= 4 is 11.6 Å². The minimum Gasteiger partial charge on any atom is -0.334 e. The van der Waals surface area contributed by atoms with E-state index in [0.717, 1.165) is 11.1 Å². The fourth-order valence-electron chi connectivity index (χ4n) is 4.26. The Labute approximate surface area is 200 Å². The predicted octanol–water partition coefficient (Wildman–Crippen LogP) is 6.02. The molecule has 1 aromatic heterocycles. The van der Waals surface area contributed by atoms with Gasteiger partial charge in [0.05, 0.1) is 18.2 Å². The van der Waals surface area contributed by atoms with Crippen molar-refractivity contribution < 1.29 is 18.1 Å². The molecule has 3 aromatic carbocycles. The lowest BCUT2D eigenvalue weighted by Gasteiger charge is -2.35. The van der Waals surface area contributed by atoms with E-state index < -0.39 is 17.7 Å². The van der Waals surface area contributed by atoms with E-state index in [2.05, 4.69) is 15.5 Å². The number of amides is 2. The number of carbonyl (C=O) groups is 1. The molecule has 0 bridgehead atoms. The molecule has 0 aliphatic carbocycles. The van der Waals surface area contributed by atoms with Gasteiger partial charge in [-0.1, -0.05) is 59.3 Å². The number of hydrogen-bond donors (Lipinski definition) is 1. The molecule has 0 spiro atoms. The van der Waals surface area contributed by atoms with Gasteiger partial charge in [0, 0.05) is 11.3 Å². The zero-order chi connectivity index (χ0) is 24.5. The molecule has 2 amide bonds. The van der Waals surface area contributed by atoms with Gasteiger partial charge in [0.25, 0.3) is 5.89 Å². The molecule has 1 aliphatic rings. The smallest absolute Gasteiger partial charge is 0.322 e. The first kappa shape index (κ1) is 22.5. The summed E-state index contributed by atoms with van der Waals surface area (Å²) in [4.78, 5) is 19.3. The van der Waals surface area contributed by atoms with Gasteiger partial charge in [-0.2, -0.15) is 4.98 Å². The molecule has 1 unspecified atom stereocenters. The van der Waals surface area contributed by atoms with Crippen LogP contribution in [0.5, 0.6) is 0 Å². The maximum atomic E-state index is 14.1. The van der Waals surface area contributed by atoms with E-state index in [4.69, 9.17) is 4.52 Å². The predicted molar refractivity (Wildman–Crippen MR) is 127 cm³/mol. The van der Waals surface area contributed by atoms with Gasteiger partial charge < -0.3 is 9.84 Å². The van der Waals surface area contributed by atoms with Crippen LogP contribution in [0.15, 0.2) is 83.0 Å². The second-order valence-electron chi connectivity index (χ2n) is 8.45. The van der Waals surface area contributed by atoms with E-state index in [0.29, 0.717) is 28.9 Å². The van der Waals surface area contributed by atoms with Gasteiger partial charge in [0.2, 0.25) is 5.82 Å². The molecule has 176 valence electrons. The van der Waals surface area contributed by atoms with Crippen LogP contribution in [-0.2, 0) is 6.54 Å². The van der Waals surface area contributed by atoms with Gasteiger partial charge >= 0.3 is 6.03 Å². The normalized spacial score (nSPS) is 15.9. The number of carbonyl (C=O) groups excluding carboxylic acids is 1. The van der Waals surface area contributed by atoms with E-state index in [-0.39, 0.29) is 17.7 Å². The fourth-order valence-corrected chi connectivity index (χ4v) is 4.26. The minimum atomic E-state index is -0.715. The van der Waals surface area contributed by atoms with Crippen LogP contribution in [0, 0.1) is 18.6 Å². The number of rotatable bonds is 5. The third kappa shape index (κ3) is 4.55. The minimum absolute atomic E-state index is 0.158. The van der Waals surface area contributed by atoms with Crippen LogP contribution in [0.1, 0.15) is 35.5 Å². The summed E-state index contributed by atoms with van der Waals surface area (Å²) in [5.74, 6) is -0.483. The molecular weight excluding hydrogens is 450 g/mol. The maximum absolute atomic E-state index is 14.1. The number of allylic oxidation sites excluding steroid dienone is 1. The monoisotopic (exact) mass is 472 g/mol. The summed E-state index contributed by atoms with van der Waals surface area (Å²) >= 11 is 0. The Morgan fingerprint density at radius 3 is 2.46 bits per heavy atom. The summed E-state index contributed by atoms with van der Waals surface area (Å²) in [6.07, 6.45) is 0. The standard InChI is InChI=1S/C27H22F2N4O2/c1-16-6-3-7-18(12-16)15-33-17(2)23(24(30-27(33)34)19-8-4-10-21(28)13-19)26-31-25(32-35-26)20-9-5-11-22(29)14-20/h3-14,24H,15H2,1-2H3,(H,30,34). The SMILES string of the molecule is CC1=C(c2nc(-c3cccc(F)c3)no2)C(c2cccc(F)c2)NC(=O)N1Cc1cccc(C)c1. The van der Waals surface area contributed by atoms with Gasteiger partial charge in [-0.05, 0) is 49.2 Å². The number of benzene rings is 3. The quantitative estimate of drug-likeness (QED) is 0.386. The lowest BCUT2D eigenvalue weighted by atomic mass is 9.94. The van der Waals surface area contributed by atoms with Crippen molar-refractivity contribution in [1.82, 2.24) is 20.4 Å². The molecule has 2 heterocycles. The third-order valence-corrected chi connectivity index (χ3v) is 5.94. The summed E-state index contributed by atoms with van der Waals surface area (Å²) in [6.45, 7) is 4.10. The molecule has 0 saturated carbocycles. The number of nitrogens with one attached hydrogen (secondary N) is 1. The van der Waals surface area contributed by atoms with Crippen LogP contribution in [0.25, 0.3) is 17.0 Å². The van der Waals surface area contributed by atoms with Crippen LogP contribution >= 0.6 is 0 Å². The largest absolute Gasteiger partial charge is 0.334 e. The number of aryl methyl sites for hydroxylation is 1. The Morgan fingerprint density at radius 1 is 0.971 bits per heavy atom. The maximum Gasteiger partial charge on any atom is 0.322 e. The first-order valence-electron chi connectivity index (χ1n) is 11.1. The van der Waals surface area contributed by atoms with E-state index in [1.165, 1.54) is 24.3 Å². The highest BCUT2D eigenvalue weighted by molar-refractivity contribution is 5.86. The average molecular weight is 472 g/mol. The van der Waals surface area contributed by atoms with Crippen molar-refractivity contribution in [2.45, 2.75) is 26.4 Å². The highest BCUT2D eigenvalue weighted by Gasteiger charge is 2.36. The Kier molecular flexibility index (Phi) is 5.86. The van der Waals surface area contributed by atoms with Gasteiger partial charge in [0.15, 0.2) is 0 Å². The van der Waals surface area contributed by atoms with E-state index in [1.807, 2.05) is 31.2 Å². The molecular formula is C27H22F2N4O2. The van der Waals surface area contributed by atoms with Crippen LogP contribution in [0.3, 0.4) is 0 Å². The summed E-state index contributed by atoms with van der Waals surface area (Å²) in [5, 5.41) is 6.99.